The summed E-state index contributed by atoms with van der Waals surface area (Å²) in [5, 5.41) is 13.3. The quantitative estimate of drug-likeness (QED) is 0.419. The molecular formula is C11H19N3O5. The average Bonchev–Trinajstić information content (AvgIpc) is 2.33. The Hall–Kier alpha value is -1.96. The van der Waals surface area contributed by atoms with E-state index in [1.165, 1.54) is 13.8 Å². The van der Waals surface area contributed by atoms with Crippen LogP contribution in [0.3, 0.4) is 0 Å². The molecule has 2 unspecified atom stereocenters. The predicted octanol–water partition coefficient (Wildman–Crippen LogP) is -1.61. The van der Waals surface area contributed by atoms with Crippen molar-refractivity contribution in [1.29, 1.82) is 0 Å². The van der Waals surface area contributed by atoms with Gasteiger partial charge in [-0.25, -0.2) is 0 Å². The summed E-state index contributed by atoms with van der Waals surface area (Å²) in [6.07, 6.45) is -0.352. The summed E-state index contributed by atoms with van der Waals surface area (Å²) in [6.45, 7) is 2.51. The van der Waals surface area contributed by atoms with Crippen LogP contribution in [0.4, 0.5) is 0 Å². The normalized spacial score (nSPS) is 13.2. The van der Waals surface area contributed by atoms with E-state index in [1.807, 2.05) is 0 Å². The van der Waals surface area contributed by atoms with Gasteiger partial charge in [-0.1, -0.05) is 0 Å². The number of carbonyl (C=O) groups excluding carboxylic acids is 3. The first kappa shape index (κ1) is 17.0. The third kappa shape index (κ3) is 7.14. The van der Waals surface area contributed by atoms with E-state index in [0.29, 0.717) is 0 Å². The lowest BCUT2D eigenvalue weighted by atomic mass is 10.1. The van der Waals surface area contributed by atoms with E-state index in [1.54, 1.807) is 0 Å². The summed E-state index contributed by atoms with van der Waals surface area (Å²) in [5.41, 5.74) is 5.11. The molecule has 0 fully saturated rings. The molecule has 2 atom stereocenters. The molecule has 0 aromatic carbocycles. The lowest BCUT2D eigenvalue weighted by molar-refractivity contribution is -0.138. The zero-order chi connectivity index (χ0) is 15.0. The molecule has 0 radical (unpaired) electrons. The molecule has 0 saturated heterocycles. The van der Waals surface area contributed by atoms with Gasteiger partial charge in [0.1, 0.15) is 6.04 Å². The van der Waals surface area contributed by atoms with Crippen molar-refractivity contribution in [1.82, 2.24) is 10.6 Å². The van der Waals surface area contributed by atoms with Crippen molar-refractivity contribution < 1.29 is 24.3 Å². The van der Waals surface area contributed by atoms with Gasteiger partial charge in [-0.15, -0.1) is 0 Å². The van der Waals surface area contributed by atoms with Gasteiger partial charge in [0, 0.05) is 6.42 Å². The molecule has 0 bridgehead atoms. The van der Waals surface area contributed by atoms with E-state index >= 15 is 0 Å². The standard InChI is InChI=1S/C11H19N3O5/c1-6(7(2)15)13-11(19)8(3-4-10(17)18)14-9(16)5-12/h6,8H,3-5,12H2,1-2H3,(H,13,19)(H,14,16)(H,17,18). The third-order valence-electron chi connectivity index (χ3n) is 2.45. The first-order valence-electron chi connectivity index (χ1n) is 5.80. The molecule has 19 heavy (non-hydrogen) atoms. The van der Waals surface area contributed by atoms with E-state index in [9.17, 15) is 19.2 Å². The second-order valence-corrected chi connectivity index (χ2v) is 4.10. The van der Waals surface area contributed by atoms with Crippen molar-refractivity contribution in [3.63, 3.8) is 0 Å². The number of rotatable bonds is 8. The number of hydrogen-bond donors (Lipinski definition) is 4. The van der Waals surface area contributed by atoms with Gasteiger partial charge < -0.3 is 21.5 Å². The molecule has 108 valence electrons. The second kappa shape index (κ2) is 8.20. The van der Waals surface area contributed by atoms with Crippen molar-refractivity contribution in [2.75, 3.05) is 6.54 Å². The second-order valence-electron chi connectivity index (χ2n) is 4.10. The monoisotopic (exact) mass is 273 g/mol. The summed E-state index contributed by atoms with van der Waals surface area (Å²) in [5.74, 6) is -2.50. The summed E-state index contributed by atoms with van der Waals surface area (Å²) < 4.78 is 0. The van der Waals surface area contributed by atoms with Crippen LogP contribution in [0.2, 0.25) is 0 Å². The summed E-state index contributed by atoms with van der Waals surface area (Å²) in [4.78, 5) is 44.5. The van der Waals surface area contributed by atoms with Crippen molar-refractivity contribution in [3.05, 3.63) is 0 Å². The number of Topliss-reactive ketones (excluding diaryl/α,β-unsaturated/α-hetero) is 1. The Labute approximate surface area is 110 Å². The molecule has 0 aliphatic rings. The number of ketones is 1. The highest BCUT2D eigenvalue weighted by molar-refractivity contribution is 5.92. The fraction of sp³-hybridized carbons (Fsp3) is 0.636. The topological polar surface area (TPSA) is 139 Å². The lowest BCUT2D eigenvalue weighted by Crippen LogP contribution is -2.51. The zero-order valence-corrected chi connectivity index (χ0v) is 10.9. The van der Waals surface area contributed by atoms with Crippen LogP contribution in [0.15, 0.2) is 0 Å². The molecule has 2 amide bonds. The number of aliphatic carboxylic acids is 1. The first-order chi connectivity index (χ1) is 8.77. The summed E-state index contributed by atoms with van der Waals surface area (Å²) in [6, 6.07) is -1.72. The lowest BCUT2D eigenvalue weighted by Gasteiger charge is -2.19. The molecule has 8 heteroatoms. The van der Waals surface area contributed by atoms with Crippen LogP contribution in [0, 0.1) is 0 Å². The molecule has 0 aromatic rings. The van der Waals surface area contributed by atoms with E-state index < -0.39 is 29.9 Å². The van der Waals surface area contributed by atoms with Crippen LogP contribution in [-0.2, 0) is 19.2 Å². The molecule has 0 aliphatic carbocycles. The number of hydrogen-bond acceptors (Lipinski definition) is 5. The molecule has 8 nitrogen and oxygen atoms in total. The molecule has 0 aromatic heterocycles. The number of nitrogens with two attached hydrogens (primary N) is 1. The minimum atomic E-state index is -1.08. The fourth-order valence-electron chi connectivity index (χ4n) is 1.21. The highest BCUT2D eigenvalue weighted by Gasteiger charge is 2.23. The predicted molar refractivity (Wildman–Crippen MR) is 66.1 cm³/mol. The maximum atomic E-state index is 11.8. The van der Waals surface area contributed by atoms with Gasteiger partial charge in [0.15, 0.2) is 5.78 Å². The summed E-state index contributed by atoms with van der Waals surface area (Å²) >= 11 is 0. The molecule has 5 N–H and O–H groups in total. The Balaban J connectivity index is 4.61. The van der Waals surface area contributed by atoms with E-state index in [2.05, 4.69) is 10.6 Å². The maximum Gasteiger partial charge on any atom is 0.303 e. The number of nitrogens with one attached hydrogen (secondary N) is 2. The molecule has 0 heterocycles. The minimum absolute atomic E-state index is 0.0719. The largest absolute Gasteiger partial charge is 0.481 e. The van der Waals surface area contributed by atoms with Crippen LogP contribution in [0.5, 0.6) is 0 Å². The molecule has 0 rings (SSSR count). The fourth-order valence-corrected chi connectivity index (χ4v) is 1.21. The highest BCUT2D eigenvalue weighted by Crippen LogP contribution is 1.99. The van der Waals surface area contributed by atoms with Gasteiger partial charge in [-0.2, -0.15) is 0 Å². The minimum Gasteiger partial charge on any atom is -0.481 e. The number of carboxylic acids is 1. The average molecular weight is 273 g/mol. The van der Waals surface area contributed by atoms with E-state index in [4.69, 9.17) is 10.8 Å². The third-order valence-corrected chi connectivity index (χ3v) is 2.45. The van der Waals surface area contributed by atoms with Crippen LogP contribution in [-0.4, -0.2) is 47.3 Å². The number of amides is 2. The van der Waals surface area contributed by atoms with E-state index in [-0.39, 0.29) is 25.2 Å². The van der Waals surface area contributed by atoms with Crippen molar-refractivity contribution >= 4 is 23.6 Å². The van der Waals surface area contributed by atoms with Crippen LogP contribution in [0.25, 0.3) is 0 Å². The zero-order valence-electron chi connectivity index (χ0n) is 10.9. The first-order valence-corrected chi connectivity index (χ1v) is 5.80. The van der Waals surface area contributed by atoms with Gasteiger partial charge in [0.25, 0.3) is 0 Å². The van der Waals surface area contributed by atoms with Crippen molar-refractivity contribution in [2.24, 2.45) is 5.73 Å². The SMILES string of the molecule is CC(=O)C(C)NC(=O)C(CCC(=O)O)NC(=O)CN. The van der Waals surface area contributed by atoms with Gasteiger partial charge in [-0.05, 0) is 20.3 Å². The number of carbonyl (C=O) groups is 4. The Morgan fingerprint density at radius 1 is 1.21 bits per heavy atom. The van der Waals surface area contributed by atoms with Gasteiger partial charge in [0.2, 0.25) is 11.8 Å². The smallest absolute Gasteiger partial charge is 0.303 e. The van der Waals surface area contributed by atoms with Gasteiger partial charge in [-0.3, -0.25) is 19.2 Å². The van der Waals surface area contributed by atoms with Crippen molar-refractivity contribution in [3.8, 4) is 0 Å². The molecule has 0 aliphatic heterocycles. The molecule has 0 spiro atoms. The van der Waals surface area contributed by atoms with Gasteiger partial charge in [0.05, 0.1) is 12.6 Å². The molecular weight excluding hydrogens is 254 g/mol. The maximum absolute atomic E-state index is 11.8. The Morgan fingerprint density at radius 2 is 1.79 bits per heavy atom. The highest BCUT2D eigenvalue weighted by atomic mass is 16.4. The Morgan fingerprint density at radius 3 is 2.21 bits per heavy atom. The van der Waals surface area contributed by atoms with E-state index in [0.717, 1.165) is 0 Å². The Bertz CT molecular complexity index is 369. The Kier molecular flexibility index (Phi) is 7.35. The summed E-state index contributed by atoms with van der Waals surface area (Å²) in [7, 11) is 0. The van der Waals surface area contributed by atoms with Gasteiger partial charge >= 0.3 is 5.97 Å². The van der Waals surface area contributed by atoms with Crippen LogP contribution in [0.1, 0.15) is 26.7 Å². The molecule has 0 saturated carbocycles. The van der Waals surface area contributed by atoms with Crippen LogP contribution < -0.4 is 16.4 Å². The van der Waals surface area contributed by atoms with Crippen LogP contribution >= 0.6 is 0 Å². The number of carboxylic acid groups (broad SMARTS) is 1. The van der Waals surface area contributed by atoms with Crippen molar-refractivity contribution in [2.45, 2.75) is 38.8 Å².